The number of nitrogens with one attached hydrogen (secondary N) is 1. The van der Waals surface area contributed by atoms with Crippen molar-refractivity contribution in [3.05, 3.63) is 0 Å². The average molecular weight is 198 g/mol. The lowest BCUT2D eigenvalue weighted by atomic mass is 9.85. The van der Waals surface area contributed by atoms with Gasteiger partial charge in [0.15, 0.2) is 0 Å². The van der Waals surface area contributed by atoms with Gasteiger partial charge in [0.1, 0.15) is 0 Å². The summed E-state index contributed by atoms with van der Waals surface area (Å²) in [6.07, 6.45) is 0. The van der Waals surface area contributed by atoms with Crippen LogP contribution in [0.5, 0.6) is 0 Å². The highest BCUT2D eigenvalue weighted by atomic mass is 15.4. The Morgan fingerprint density at radius 3 is 2.43 bits per heavy atom. The Morgan fingerprint density at radius 2 is 2.07 bits per heavy atom. The van der Waals surface area contributed by atoms with Gasteiger partial charge in [-0.25, -0.2) is 5.84 Å². The fourth-order valence-corrected chi connectivity index (χ4v) is 1.64. The second-order valence-electron chi connectivity index (χ2n) is 5.22. The normalized spacial score (nSPS) is 21.0. The Hall–Kier alpha value is -0.770. The molecular formula is C10H22N4. The molecule has 82 valence electrons. The van der Waals surface area contributed by atoms with Gasteiger partial charge in [-0.15, -0.1) is 0 Å². The van der Waals surface area contributed by atoms with Crippen LogP contribution in [0.4, 0.5) is 0 Å². The maximum atomic E-state index is 5.44. The van der Waals surface area contributed by atoms with E-state index in [9.17, 15) is 0 Å². The summed E-state index contributed by atoms with van der Waals surface area (Å²) >= 11 is 0. The molecule has 3 N–H and O–H groups in total. The molecule has 0 aromatic carbocycles. The molecule has 0 spiro atoms. The number of nitrogens with zero attached hydrogens (tertiary/aromatic N) is 2. The number of nitrogens with two attached hydrogens (primary N) is 1. The summed E-state index contributed by atoms with van der Waals surface area (Å²) in [7, 11) is 0. The van der Waals surface area contributed by atoms with E-state index in [-0.39, 0.29) is 0 Å². The lowest BCUT2D eigenvalue weighted by Crippen LogP contribution is -2.60. The van der Waals surface area contributed by atoms with Gasteiger partial charge in [-0.3, -0.25) is 10.4 Å². The van der Waals surface area contributed by atoms with Crippen molar-refractivity contribution in [1.29, 1.82) is 0 Å². The van der Waals surface area contributed by atoms with Gasteiger partial charge in [-0.1, -0.05) is 27.7 Å². The first-order valence-electron chi connectivity index (χ1n) is 5.20. The van der Waals surface area contributed by atoms with Crippen molar-refractivity contribution in [2.75, 3.05) is 19.6 Å². The molecule has 1 rings (SSSR count). The quantitative estimate of drug-likeness (QED) is 0.299. The second kappa shape index (κ2) is 4.17. The summed E-state index contributed by atoms with van der Waals surface area (Å²) in [5, 5.41) is 0. The molecule has 0 unspecified atom stereocenters. The Labute approximate surface area is 86.5 Å². The van der Waals surface area contributed by atoms with E-state index < -0.39 is 0 Å². The van der Waals surface area contributed by atoms with Crippen LogP contribution < -0.4 is 11.3 Å². The van der Waals surface area contributed by atoms with Crippen LogP contribution in [0.25, 0.3) is 0 Å². The summed E-state index contributed by atoms with van der Waals surface area (Å²) in [6, 6.07) is 0. The minimum Gasteiger partial charge on any atom is -0.341 e. The topological polar surface area (TPSA) is 53.6 Å². The lowest BCUT2D eigenvalue weighted by molar-refractivity contribution is 0.0944. The standard InChI is InChI=1S/C10H22N4/c1-8(2)5-12-9(13-11)14-6-10(3,4)7-14/h8H,5-7,11H2,1-4H3,(H,12,13). The predicted octanol–water partition coefficient (Wildman–Crippen LogP) is 0.804. The number of likely N-dealkylation sites (tertiary alicyclic amines) is 1. The third-order valence-electron chi connectivity index (χ3n) is 2.27. The highest BCUT2D eigenvalue weighted by Crippen LogP contribution is 2.28. The zero-order valence-corrected chi connectivity index (χ0v) is 9.67. The molecule has 1 aliphatic heterocycles. The third-order valence-corrected chi connectivity index (χ3v) is 2.27. The lowest BCUT2D eigenvalue weighted by Gasteiger charge is -2.47. The van der Waals surface area contributed by atoms with Gasteiger partial charge in [-0.05, 0) is 11.3 Å². The molecule has 14 heavy (non-hydrogen) atoms. The van der Waals surface area contributed by atoms with Gasteiger partial charge in [-0.2, -0.15) is 0 Å². The first-order chi connectivity index (χ1) is 6.44. The molecular weight excluding hydrogens is 176 g/mol. The molecule has 4 nitrogen and oxygen atoms in total. The highest BCUT2D eigenvalue weighted by Gasteiger charge is 2.35. The molecule has 0 radical (unpaired) electrons. The van der Waals surface area contributed by atoms with Gasteiger partial charge in [0, 0.05) is 19.6 Å². The van der Waals surface area contributed by atoms with Crippen molar-refractivity contribution in [1.82, 2.24) is 10.3 Å². The fraction of sp³-hybridized carbons (Fsp3) is 0.900. The maximum Gasteiger partial charge on any atom is 0.208 e. The first-order valence-corrected chi connectivity index (χ1v) is 5.20. The molecule has 0 aromatic rings. The van der Waals surface area contributed by atoms with E-state index in [2.05, 4.69) is 43.0 Å². The van der Waals surface area contributed by atoms with E-state index in [1.807, 2.05) is 0 Å². The van der Waals surface area contributed by atoms with Crippen LogP contribution in [0.3, 0.4) is 0 Å². The molecule has 0 amide bonds. The minimum absolute atomic E-state index is 0.412. The molecule has 0 bridgehead atoms. The summed E-state index contributed by atoms with van der Waals surface area (Å²) < 4.78 is 0. The Kier molecular flexibility index (Phi) is 3.37. The van der Waals surface area contributed by atoms with Crippen LogP contribution in [0.15, 0.2) is 4.99 Å². The monoisotopic (exact) mass is 198 g/mol. The Bertz CT molecular complexity index is 212. The largest absolute Gasteiger partial charge is 0.341 e. The van der Waals surface area contributed by atoms with Crippen LogP contribution in [0.1, 0.15) is 27.7 Å². The summed E-state index contributed by atoms with van der Waals surface area (Å²) in [4.78, 5) is 6.62. The van der Waals surface area contributed by atoms with Crippen molar-refractivity contribution >= 4 is 5.96 Å². The smallest absolute Gasteiger partial charge is 0.208 e. The van der Waals surface area contributed by atoms with Crippen LogP contribution in [-0.4, -0.2) is 30.5 Å². The van der Waals surface area contributed by atoms with E-state index >= 15 is 0 Å². The van der Waals surface area contributed by atoms with Crippen LogP contribution in [0.2, 0.25) is 0 Å². The van der Waals surface area contributed by atoms with Gasteiger partial charge in [0.05, 0.1) is 0 Å². The molecule has 0 aromatic heterocycles. The van der Waals surface area contributed by atoms with Crippen LogP contribution in [0, 0.1) is 11.3 Å². The molecule has 0 aliphatic carbocycles. The number of hydrogen-bond acceptors (Lipinski definition) is 2. The van der Waals surface area contributed by atoms with Gasteiger partial charge < -0.3 is 4.90 Å². The zero-order chi connectivity index (χ0) is 10.8. The average Bonchev–Trinajstić information content (AvgIpc) is 2.01. The number of hydrogen-bond donors (Lipinski definition) is 2. The summed E-state index contributed by atoms with van der Waals surface area (Å²) in [5.41, 5.74) is 3.09. The SMILES string of the molecule is CC(C)CN=C(NN)N1CC(C)(C)C1. The molecule has 1 fully saturated rings. The van der Waals surface area contributed by atoms with Crippen LogP contribution >= 0.6 is 0 Å². The molecule has 1 aliphatic rings. The van der Waals surface area contributed by atoms with Crippen LogP contribution in [-0.2, 0) is 0 Å². The van der Waals surface area contributed by atoms with E-state index in [1.54, 1.807) is 0 Å². The fourth-order valence-electron chi connectivity index (χ4n) is 1.64. The molecule has 0 saturated carbocycles. The van der Waals surface area contributed by atoms with E-state index in [0.29, 0.717) is 11.3 Å². The zero-order valence-electron chi connectivity index (χ0n) is 9.67. The van der Waals surface area contributed by atoms with Crippen molar-refractivity contribution in [3.63, 3.8) is 0 Å². The van der Waals surface area contributed by atoms with Gasteiger partial charge in [0.25, 0.3) is 0 Å². The molecule has 1 heterocycles. The summed E-state index contributed by atoms with van der Waals surface area (Å²) in [5.74, 6) is 6.84. The van der Waals surface area contributed by atoms with Crippen molar-refractivity contribution in [2.45, 2.75) is 27.7 Å². The number of hydrazine groups is 1. The van der Waals surface area contributed by atoms with Gasteiger partial charge >= 0.3 is 0 Å². The maximum absolute atomic E-state index is 5.44. The highest BCUT2D eigenvalue weighted by molar-refractivity contribution is 5.80. The minimum atomic E-state index is 0.412. The molecule has 4 heteroatoms. The third kappa shape index (κ3) is 2.87. The second-order valence-corrected chi connectivity index (χ2v) is 5.22. The first kappa shape index (κ1) is 11.3. The van der Waals surface area contributed by atoms with Crippen molar-refractivity contribution in [2.24, 2.45) is 22.2 Å². The Morgan fingerprint density at radius 1 is 1.50 bits per heavy atom. The summed E-state index contributed by atoms with van der Waals surface area (Å²) in [6.45, 7) is 11.7. The van der Waals surface area contributed by atoms with Gasteiger partial charge in [0.2, 0.25) is 5.96 Å². The molecule has 0 atom stereocenters. The number of guanidine groups is 1. The van der Waals surface area contributed by atoms with Crippen molar-refractivity contribution < 1.29 is 0 Å². The number of rotatable bonds is 2. The Balaban J connectivity index is 2.44. The predicted molar refractivity (Wildman–Crippen MR) is 59.8 cm³/mol. The van der Waals surface area contributed by atoms with E-state index in [1.165, 1.54) is 0 Å². The molecule has 1 saturated heterocycles. The number of aliphatic imine (C=N–C) groups is 1. The van der Waals surface area contributed by atoms with E-state index in [0.717, 1.165) is 25.6 Å². The van der Waals surface area contributed by atoms with Crippen molar-refractivity contribution in [3.8, 4) is 0 Å². The van der Waals surface area contributed by atoms with E-state index in [4.69, 9.17) is 5.84 Å².